The van der Waals surface area contributed by atoms with Gasteiger partial charge in [0.1, 0.15) is 10.6 Å². The van der Waals surface area contributed by atoms with Crippen LogP contribution < -0.4 is 4.74 Å². The largest absolute Gasteiger partial charge is 0.477 e. The third-order valence-electron chi connectivity index (χ3n) is 4.40. The molecule has 0 spiro atoms. The van der Waals surface area contributed by atoms with E-state index in [4.69, 9.17) is 14.2 Å². The SMILES string of the molecule is CCOC(OCC)C1CCc2c(C(=O)O)sc(Oc3ccccc3)c2C1=O. The number of benzene rings is 1. The van der Waals surface area contributed by atoms with Crippen molar-refractivity contribution in [3.8, 4) is 10.8 Å². The quantitative estimate of drug-likeness (QED) is 0.674. The second-order valence-electron chi connectivity index (χ2n) is 6.08. The summed E-state index contributed by atoms with van der Waals surface area (Å²) >= 11 is 0.998. The van der Waals surface area contributed by atoms with Crippen molar-refractivity contribution in [3.05, 3.63) is 46.3 Å². The van der Waals surface area contributed by atoms with Crippen molar-refractivity contribution in [2.75, 3.05) is 13.2 Å². The highest BCUT2D eigenvalue weighted by Crippen LogP contribution is 2.44. The molecule has 6 nitrogen and oxygen atoms in total. The Balaban J connectivity index is 1.99. The number of ether oxygens (including phenoxy) is 3. The van der Waals surface area contributed by atoms with Gasteiger partial charge in [-0.05, 0) is 44.4 Å². The molecule has 1 N–H and O–H groups in total. The Morgan fingerprint density at radius 2 is 1.89 bits per heavy atom. The van der Waals surface area contributed by atoms with Crippen molar-refractivity contribution >= 4 is 23.1 Å². The van der Waals surface area contributed by atoms with E-state index in [9.17, 15) is 14.7 Å². The first-order chi connectivity index (χ1) is 13.1. The summed E-state index contributed by atoms with van der Waals surface area (Å²) in [7, 11) is 0. The normalized spacial score (nSPS) is 16.4. The van der Waals surface area contributed by atoms with Gasteiger partial charge in [-0.1, -0.05) is 29.5 Å². The topological polar surface area (TPSA) is 82.1 Å². The molecule has 2 aromatic rings. The number of carbonyl (C=O) groups excluding carboxylic acids is 1. The third-order valence-corrected chi connectivity index (χ3v) is 5.50. The minimum absolute atomic E-state index is 0.159. The van der Waals surface area contributed by atoms with Gasteiger partial charge in [-0.15, -0.1) is 0 Å². The second kappa shape index (κ2) is 8.65. The van der Waals surface area contributed by atoms with Gasteiger partial charge in [-0.3, -0.25) is 4.79 Å². The number of Topliss-reactive ketones (excluding diaryl/α,β-unsaturated/α-hetero) is 1. The maximum absolute atomic E-state index is 13.2. The number of hydrogen-bond acceptors (Lipinski definition) is 6. The summed E-state index contributed by atoms with van der Waals surface area (Å²) in [6, 6.07) is 9.02. The molecular weight excluding hydrogens is 368 g/mol. The van der Waals surface area contributed by atoms with Gasteiger partial charge in [0.25, 0.3) is 0 Å². The van der Waals surface area contributed by atoms with E-state index < -0.39 is 18.2 Å². The van der Waals surface area contributed by atoms with Gasteiger partial charge in [0.05, 0.1) is 11.5 Å². The number of fused-ring (bicyclic) bond motifs is 1. The molecule has 1 aromatic heterocycles. The van der Waals surface area contributed by atoms with Crippen LogP contribution in [0.4, 0.5) is 0 Å². The van der Waals surface area contributed by atoms with Crippen molar-refractivity contribution < 1.29 is 28.9 Å². The van der Waals surface area contributed by atoms with E-state index in [1.54, 1.807) is 12.1 Å². The van der Waals surface area contributed by atoms with Crippen molar-refractivity contribution in [1.82, 2.24) is 0 Å². The predicted molar refractivity (Wildman–Crippen MR) is 101 cm³/mol. The molecule has 0 saturated carbocycles. The van der Waals surface area contributed by atoms with Crippen LogP contribution in [0.3, 0.4) is 0 Å². The summed E-state index contributed by atoms with van der Waals surface area (Å²) in [6.45, 7) is 4.56. The fourth-order valence-electron chi connectivity index (χ4n) is 3.26. The molecule has 1 aromatic carbocycles. The molecule has 1 aliphatic rings. The van der Waals surface area contributed by atoms with E-state index in [1.807, 2.05) is 32.0 Å². The van der Waals surface area contributed by atoms with Crippen LogP contribution in [0.5, 0.6) is 10.8 Å². The van der Waals surface area contributed by atoms with E-state index in [2.05, 4.69) is 0 Å². The number of thiophene rings is 1. The van der Waals surface area contributed by atoms with Gasteiger partial charge >= 0.3 is 5.97 Å². The minimum atomic E-state index is -1.04. The second-order valence-corrected chi connectivity index (χ2v) is 7.06. The lowest BCUT2D eigenvalue weighted by molar-refractivity contribution is -0.158. The first kappa shape index (κ1) is 19.5. The van der Waals surface area contributed by atoms with Crippen molar-refractivity contribution in [2.45, 2.75) is 33.0 Å². The number of para-hydroxylation sites is 1. The standard InChI is InChI=1S/C20H22O6S/c1-3-24-19(25-4-2)14-11-10-13-15(16(14)21)20(27-17(13)18(22)23)26-12-8-6-5-7-9-12/h5-9,14,19H,3-4,10-11H2,1-2H3,(H,22,23). The Kier molecular flexibility index (Phi) is 6.26. The third kappa shape index (κ3) is 4.05. The first-order valence-electron chi connectivity index (χ1n) is 8.96. The summed E-state index contributed by atoms with van der Waals surface area (Å²) in [6.07, 6.45) is 0.315. The summed E-state index contributed by atoms with van der Waals surface area (Å²) in [5.41, 5.74) is 0.897. The van der Waals surface area contributed by atoms with Crippen LogP contribution in [0.15, 0.2) is 30.3 Å². The van der Waals surface area contributed by atoms with E-state index in [1.165, 1.54) is 0 Å². The molecule has 1 atom stereocenters. The molecule has 0 amide bonds. The van der Waals surface area contributed by atoms with Crippen molar-refractivity contribution in [2.24, 2.45) is 5.92 Å². The summed E-state index contributed by atoms with van der Waals surface area (Å²) in [5.74, 6) is -1.15. The number of rotatable bonds is 8. The van der Waals surface area contributed by atoms with E-state index in [-0.39, 0.29) is 10.7 Å². The Morgan fingerprint density at radius 3 is 2.48 bits per heavy atom. The first-order valence-corrected chi connectivity index (χ1v) is 9.77. The zero-order valence-electron chi connectivity index (χ0n) is 15.3. The van der Waals surface area contributed by atoms with Crippen molar-refractivity contribution in [1.29, 1.82) is 0 Å². The minimum Gasteiger partial charge on any atom is -0.477 e. The number of hydrogen-bond donors (Lipinski definition) is 1. The molecule has 1 aliphatic carbocycles. The average Bonchev–Trinajstić information content (AvgIpc) is 3.02. The van der Waals surface area contributed by atoms with Crippen molar-refractivity contribution in [3.63, 3.8) is 0 Å². The van der Waals surface area contributed by atoms with Crippen LogP contribution >= 0.6 is 11.3 Å². The summed E-state index contributed by atoms with van der Waals surface area (Å²) in [4.78, 5) is 25.0. The lowest BCUT2D eigenvalue weighted by atomic mass is 9.83. The van der Waals surface area contributed by atoms with E-state index in [0.29, 0.717) is 48.0 Å². The molecule has 0 radical (unpaired) electrons. The number of carboxylic acids is 1. The van der Waals surface area contributed by atoms with E-state index in [0.717, 1.165) is 11.3 Å². The van der Waals surface area contributed by atoms with Gasteiger partial charge in [-0.25, -0.2) is 4.79 Å². The summed E-state index contributed by atoms with van der Waals surface area (Å²) < 4.78 is 17.1. The van der Waals surface area contributed by atoms with Crippen LogP contribution in [-0.4, -0.2) is 36.4 Å². The van der Waals surface area contributed by atoms with Gasteiger partial charge < -0.3 is 19.3 Å². The number of aromatic carboxylic acids is 1. The molecule has 0 bridgehead atoms. The predicted octanol–water partition coefficient (Wildman–Crippen LogP) is 4.38. The Morgan fingerprint density at radius 1 is 1.22 bits per heavy atom. The van der Waals surface area contributed by atoms with Crippen LogP contribution in [0.2, 0.25) is 0 Å². The highest BCUT2D eigenvalue weighted by Gasteiger charge is 2.40. The molecule has 7 heteroatoms. The van der Waals surface area contributed by atoms with Crippen LogP contribution in [0.25, 0.3) is 0 Å². The Hall–Kier alpha value is -2.22. The zero-order chi connectivity index (χ0) is 19.4. The Bertz CT molecular complexity index is 807. The molecule has 0 aliphatic heterocycles. The number of carbonyl (C=O) groups is 2. The van der Waals surface area contributed by atoms with E-state index >= 15 is 0 Å². The molecule has 144 valence electrons. The molecule has 3 rings (SSSR count). The lowest BCUT2D eigenvalue weighted by Crippen LogP contribution is -2.36. The van der Waals surface area contributed by atoms with Gasteiger partial charge in [-0.2, -0.15) is 0 Å². The fourth-order valence-corrected chi connectivity index (χ4v) is 4.32. The summed E-state index contributed by atoms with van der Waals surface area (Å²) in [5, 5.41) is 9.86. The highest BCUT2D eigenvalue weighted by atomic mass is 32.1. The molecule has 1 heterocycles. The van der Waals surface area contributed by atoms with Gasteiger partial charge in [0, 0.05) is 13.2 Å². The van der Waals surface area contributed by atoms with Gasteiger partial charge in [0.2, 0.25) is 0 Å². The maximum atomic E-state index is 13.2. The monoisotopic (exact) mass is 390 g/mol. The average molecular weight is 390 g/mol. The molecule has 1 unspecified atom stereocenters. The maximum Gasteiger partial charge on any atom is 0.346 e. The van der Waals surface area contributed by atoms with Crippen LogP contribution in [-0.2, 0) is 15.9 Å². The lowest BCUT2D eigenvalue weighted by Gasteiger charge is -2.29. The number of ketones is 1. The molecule has 0 saturated heterocycles. The van der Waals surface area contributed by atoms with Crippen LogP contribution in [0.1, 0.15) is 45.9 Å². The van der Waals surface area contributed by atoms with Gasteiger partial charge in [0.15, 0.2) is 17.1 Å². The fraction of sp³-hybridized carbons (Fsp3) is 0.400. The molecule has 27 heavy (non-hydrogen) atoms. The Labute approximate surface area is 161 Å². The number of carboxylic acid groups (broad SMARTS) is 1. The molecular formula is C20H22O6S. The zero-order valence-corrected chi connectivity index (χ0v) is 16.1. The van der Waals surface area contributed by atoms with Crippen LogP contribution in [0, 0.1) is 5.92 Å². The molecule has 0 fully saturated rings. The smallest absolute Gasteiger partial charge is 0.346 e. The highest BCUT2D eigenvalue weighted by molar-refractivity contribution is 7.16.